The summed E-state index contributed by atoms with van der Waals surface area (Å²) in [4.78, 5) is 25.4. The molecule has 0 aromatic carbocycles. The predicted octanol–water partition coefficient (Wildman–Crippen LogP) is 6.45. The predicted molar refractivity (Wildman–Crippen MR) is 161 cm³/mol. The molecule has 1 fully saturated rings. The SMILES string of the molecule is Cc1cc(Br)nc(C(C)C)c1N1c2nc(Cl)c(Cl)cc2C(N2C[C@@H](C)N(C(=O)OC(C)(C)C)C[C@@H]2C)=NS1(=O)=O. The molecule has 40 heavy (non-hydrogen) atoms. The first-order valence-electron chi connectivity index (χ1n) is 12.9. The van der Waals surface area contributed by atoms with Crippen LogP contribution in [0.25, 0.3) is 0 Å². The van der Waals surface area contributed by atoms with Crippen LogP contribution in [0.1, 0.15) is 71.2 Å². The standard InChI is InChI=1S/C26H33BrCl2N6O4S/c1-13(2)20-21(14(3)9-19(27)30-20)35-23-17(10-18(28)22(29)31-23)24(32-40(35,37)38)33-11-16(5)34(12-15(33)4)25(36)39-26(6,7)8/h9-10,13,15-16H,11-12H2,1-8H3/t15-,16+/m0/s1. The molecule has 1 saturated heterocycles. The van der Waals surface area contributed by atoms with Gasteiger partial charge in [0.05, 0.1) is 22.0 Å². The topological polar surface area (TPSA) is 108 Å². The van der Waals surface area contributed by atoms with E-state index in [-0.39, 0.29) is 39.8 Å². The molecule has 4 heterocycles. The Hall–Kier alpha value is -2.15. The van der Waals surface area contributed by atoms with Crippen LogP contribution >= 0.6 is 39.1 Å². The molecule has 2 atom stereocenters. The van der Waals surface area contributed by atoms with Crippen molar-refractivity contribution in [3.05, 3.63) is 43.7 Å². The minimum absolute atomic E-state index is 0.0353. The quantitative estimate of drug-likeness (QED) is 0.337. The molecular weight excluding hydrogens is 643 g/mol. The molecule has 0 N–H and O–H groups in total. The van der Waals surface area contributed by atoms with Gasteiger partial charge in [0, 0.05) is 25.2 Å². The summed E-state index contributed by atoms with van der Waals surface area (Å²) in [5.74, 6) is 0.164. The van der Waals surface area contributed by atoms with E-state index in [4.69, 9.17) is 27.9 Å². The maximum Gasteiger partial charge on any atom is 0.410 e. The molecule has 2 aromatic heterocycles. The van der Waals surface area contributed by atoms with Gasteiger partial charge in [0.2, 0.25) is 0 Å². The van der Waals surface area contributed by atoms with E-state index < -0.39 is 21.9 Å². The van der Waals surface area contributed by atoms with Gasteiger partial charge in [-0.2, -0.15) is 12.7 Å². The van der Waals surface area contributed by atoms with Crippen LogP contribution < -0.4 is 4.31 Å². The highest BCUT2D eigenvalue weighted by atomic mass is 79.9. The molecule has 0 saturated carbocycles. The van der Waals surface area contributed by atoms with Gasteiger partial charge in [0.25, 0.3) is 0 Å². The normalized spacial score (nSPS) is 20.9. The van der Waals surface area contributed by atoms with E-state index in [0.29, 0.717) is 40.2 Å². The molecule has 2 aliphatic heterocycles. The lowest BCUT2D eigenvalue weighted by Gasteiger charge is -2.46. The average molecular weight is 676 g/mol. The average Bonchev–Trinajstić information content (AvgIpc) is 2.80. The lowest BCUT2D eigenvalue weighted by molar-refractivity contribution is 0.000510. The molecule has 1 amide bonds. The fourth-order valence-corrected chi connectivity index (χ4v) is 6.98. The zero-order chi connectivity index (χ0) is 29.9. The number of anilines is 2. The number of pyridine rings is 2. The van der Waals surface area contributed by atoms with E-state index >= 15 is 0 Å². The van der Waals surface area contributed by atoms with E-state index in [2.05, 4.69) is 30.3 Å². The number of aromatic nitrogens is 2. The Morgan fingerprint density at radius 1 is 1.12 bits per heavy atom. The van der Waals surface area contributed by atoms with Crippen molar-refractivity contribution in [1.82, 2.24) is 19.8 Å². The first-order chi connectivity index (χ1) is 18.4. The van der Waals surface area contributed by atoms with Gasteiger partial charge in [0.1, 0.15) is 15.4 Å². The monoisotopic (exact) mass is 674 g/mol. The Bertz CT molecular complexity index is 1490. The molecule has 0 radical (unpaired) electrons. The summed E-state index contributed by atoms with van der Waals surface area (Å²) in [5, 5.41) is 0.127. The number of hydrogen-bond donors (Lipinski definition) is 0. The number of carbonyl (C=O) groups is 1. The fraction of sp³-hybridized carbons (Fsp3) is 0.538. The molecule has 0 spiro atoms. The van der Waals surface area contributed by atoms with Crippen molar-refractivity contribution in [1.29, 1.82) is 0 Å². The van der Waals surface area contributed by atoms with Gasteiger partial charge in [-0.15, -0.1) is 4.40 Å². The van der Waals surface area contributed by atoms with Crippen molar-refractivity contribution in [3.8, 4) is 0 Å². The number of amides is 1. The van der Waals surface area contributed by atoms with Gasteiger partial charge < -0.3 is 14.5 Å². The summed E-state index contributed by atoms with van der Waals surface area (Å²) in [6.07, 6.45) is -0.424. The van der Waals surface area contributed by atoms with Gasteiger partial charge in [0.15, 0.2) is 11.7 Å². The van der Waals surface area contributed by atoms with E-state index in [0.717, 1.165) is 4.31 Å². The highest BCUT2D eigenvalue weighted by Gasteiger charge is 2.43. The Balaban J connectivity index is 1.85. The smallest absolute Gasteiger partial charge is 0.410 e. The number of aryl methyl sites for hydroxylation is 1. The zero-order valence-corrected chi connectivity index (χ0v) is 27.6. The van der Waals surface area contributed by atoms with Crippen molar-refractivity contribution < 1.29 is 17.9 Å². The number of halogens is 3. The molecule has 2 aliphatic rings. The third kappa shape index (κ3) is 5.91. The fourth-order valence-electron chi connectivity index (χ4n) is 4.83. The van der Waals surface area contributed by atoms with Crippen molar-refractivity contribution in [3.63, 3.8) is 0 Å². The van der Waals surface area contributed by atoms with Crippen LogP contribution in [-0.2, 0) is 14.9 Å². The van der Waals surface area contributed by atoms with Crippen molar-refractivity contribution in [2.75, 3.05) is 17.4 Å². The molecule has 2 aromatic rings. The second-order valence-electron chi connectivity index (χ2n) is 11.4. The number of carbonyl (C=O) groups excluding carboxylic acids is 1. The maximum atomic E-state index is 14.0. The van der Waals surface area contributed by atoms with E-state index in [1.54, 1.807) is 24.0 Å². The number of hydrogen-bond acceptors (Lipinski definition) is 7. The largest absolute Gasteiger partial charge is 0.444 e. The van der Waals surface area contributed by atoms with Crippen molar-refractivity contribution >= 4 is 72.8 Å². The van der Waals surface area contributed by atoms with Crippen LogP contribution in [0, 0.1) is 6.92 Å². The molecular formula is C26H33BrCl2N6O4S. The minimum atomic E-state index is -4.35. The second-order valence-corrected chi connectivity index (χ2v) is 14.4. The molecule has 0 aliphatic carbocycles. The number of fused-ring (bicyclic) bond motifs is 1. The third-order valence-corrected chi connectivity index (χ3v) is 8.89. The number of nitrogens with zero attached hydrogens (tertiary/aromatic N) is 6. The Morgan fingerprint density at radius 3 is 2.38 bits per heavy atom. The van der Waals surface area contributed by atoms with Crippen molar-refractivity contribution in [2.45, 2.75) is 79.0 Å². The number of rotatable bonds is 2. The first kappa shape index (κ1) is 30.8. The van der Waals surface area contributed by atoms with Crippen LogP contribution in [0.2, 0.25) is 10.2 Å². The summed E-state index contributed by atoms with van der Waals surface area (Å²) < 4.78 is 39.6. The molecule has 14 heteroatoms. The highest BCUT2D eigenvalue weighted by molar-refractivity contribution is 9.10. The molecule has 4 rings (SSSR count). The Morgan fingerprint density at radius 2 is 1.77 bits per heavy atom. The van der Waals surface area contributed by atoms with Gasteiger partial charge in [-0.3, -0.25) is 0 Å². The second kappa shape index (κ2) is 10.9. The van der Waals surface area contributed by atoms with Crippen LogP contribution in [0.3, 0.4) is 0 Å². The molecule has 10 nitrogen and oxygen atoms in total. The van der Waals surface area contributed by atoms with Crippen LogP contribution in [0.4, 0.5) is 16.3 Å². The zero-order valence-electron chi connectivity index (χ0n) is 23.7. The lowest BCUT2D eigenvalue weighted by atomic mass is 10.0. The molecule has 218 valence electrons. The first-order valence-corrected chi connectivity index (χ1v) is 15.8. The van der Waals surface area contributed by atoms with Gasteiger partial charge in [-0.25, -0.2) is 14.8 Å². The van der Waals surface area contributed by atoms with E-state index in [1.807, 2.05) is 53.4 Å². The number of piperazine rings is 1. The maximum absolute atomic E-state index is 14.0. The Labute approximate surface area is 254 Å². The lowest BCUT2D eigenvalue weighted by Crippen LogP contribution is -2.60. The van der Waals surface area contributed by atoms with Gasteiger partial charge in [-0.1, -0.05) is 37.0 Å². The molecule has 0 bridgehead atoms. The van der Waals surface area contributed by atoms with E-state index in [9.17, 15) is 13.2 Å². The van der Waals surface area contributed by atoms with Crippen LogP contribution in [0.5, 0.6) is 0 Å². The summed E-state index contributed by atoms with van der Waals surface area (Å²) in [6.45, 7) is 15.5. The third-order valence-electron chi connectivity index (χ3n) is 6.59. The van der Waals surface area contributed by atoms with Crippen LogP contribution in [-0.4, -0.2) is 70.9 Å². The van der Waals surface area contributed by atoms with Crippen LogP contribution in [0.15, 0.2) is 21.1 Å². The van der Waals surface area contributed by atoms with E-state index in [1.165, 1.54) is 0 Å². The summed E-state index contributed by atoms with van der Waals surface area (Å²) >= 11 is 16.2. The minimum Gasteiger partial charge on any atom is -0.444 e. The highest BCUT2D eigenvalue weighted by Crippen LogP contribution is 2.43. The van der Waals surface area contributed by atoms with Gasteiger partial charge in [-0.05, 0) is 81.1 Å². The summed E-state index contributed by atoms with van der Waals surface area (Å²) in [6, 6.07) is 2.74. The Kier molecular flexibility index (Phi) is 8.41. The number of ether oxygens (including phenoxy) is 1. The summed E-state index contributed by atoms with van der Waals surface area (Å²) in [7, 11) is -4.35. The molecule has 0 unspecified atom stereocenters. The summed E-state index contributed by atoms with van der Waals surface area (Å²) in [5.41, 5.74) is 1.35. The number of amidine groups is 1. The van der Waals surface area contributed by atoms with Gasteiger partial charge >= 0.3 is 16.3 Å². The van der Waals surface area contributed by atoms with Crippen molar-refractivity contribution in [2.24, 2.45) is 4.40 Å².